The van der Waals surface area contributed by atoms with E-state index in [0.717, 1.165) is 35.1 Å². The lowest BCUT2D eigenvalue weighted by Gasteiger charge is -2.23. The van der Waals surface area contributed by atoms with Gasteiger partial charge in [0.2, 0.25) is 0 Å². The maximum absolute atomic E-state index is 12.9. The third kappa shape index (κ3) is 9.86. The second-order valence-corrected chi connectivity index (χ2v) is 9.58. The van der Waals surface area contributed by atoms with Crippen LogP contribution in [0.1, 0.15) is 67.9 Å². The number of hydrogen-bond donors (Lipinski definition) is 2. The number of unbranched alkanes of at least 4 members (excludes halogenated alkanes) is 1. The summed E-state index contributed by atoms with van der Waals surface area (Å²) in [4.78, 5) is 25.7. The van der Waals surface area contributed by atoms with E-state index < -0.39 is 12.1 Å². The van der Waals surface area contributed by atoms with E-state index in [1.807, 2.05) is 43.3 Å². The number of aryl methyl sites for hydroxylation is 1. The minimum atomic E-state index is -1.02. The van der Waals surface area contributed by atoms with Crippen molar-refractivity contribution in [1.82, 2.24) is 10.2 Å². The average Bonchev–Trinajstić information content (AvgIpc) is 2.95. The topological polar surface area (TPSA) is 78.9 Å². The van der Waals surface area contributed by atoms with Crippen molar-refractivity contribution < 1.29 is 19.4 Å². The standard InChI is InChI=1S/C33H38N2O4/c1-4-6-7-26-8-10-27(11-9-26)12-13-28-14-16-29(17-15-28)23-35(33(38)34-22-5-2)24-30-18-20-31(21-19-30)39-25(3)32(36)37/h8-11,14-21,25H,4-7,22-24H2,1-3H3,(H,34,38)(H,36,37). The Morgan fingerprint density at radius 2 is 1.33 bits per heavy atom. The second kappa shape index (κ2) is 15.2. The van der Waals surface area contributed by atoms with Crippen LogP contribution in [0, 0.1) is 11.8 Å². The number of carboxylic acids is 1. The fourth-order valence-electron chi connectivity index (χ4n) is 3.89. The fraction of sp³-hybridized carbons (Fsp3) is 0.333. The summed E-state index contributed by atoms with van der Waals surface area (Å²) >= 11 is 0. The molecule has 2 N–H and O–H groups in total. The molecule has 0 aliphatic rings. The summed E-state index contributed by atoms with van der Waals surface area (Å²) in [5.74, 6) is 5.91. The summed E-state index contributed by atoms with van der Waals surface area (Å²) in [6.07, 6.45) is 3.41. The summed E-state index contributed by atoms with van der Waals surface area (Å²) in [5, 5.41) is 12.0. The van der Waals surface area contributed by atoms with Gasteiger partial charge in [-0.1, -0.05) is 68.5 Å². The van der Waals surface area contributed by atoms with E-state index >= 15 is 0 Å². The lowest BCUT2D eigenvalue weighted by molar-refractivity contribution is -0.144. The molecule has 2 amide bonds. The third-order valence-corrected chi connectivity index (χ3v) is 6.22. The first-order valence-electron chi connectivity index (χ1n) is 13.6. The number of rotatable bonds is 12. The predicted molar refractivity (Wildman–Crippen MR) is 155 cm³/mol. The number of nitrogens with zero attached hydrogens (tertiary/aromatic N) is 1. The molecule has 0 aliphatic carbocycles. The molecule has 0 aromatic heterocycles. The highest BCUT2D eigenvalue weighted by atomic mass is 16.5. The van der Waals surface area contributed by atoms with E-state index in [0.29, 0.717) is 25.4 Å². The van der Waals surface area contributed by atoms with Crippen LogP contribution < -0.4 is 10.1 Å². The van der Waals surface area contributed by atoms with Gasteiger partial charge in [-0.3, -0.25) is 0 Å². The zero-order valence-corrected chi connectivity index (χ0v) is 23.1. The van der Waals surface area contributed by atoms with Crippen LogP contribution in [0.5, 0.6) is 5.75 Å². The van der Waals surface area contributed by atoms with Crippen LogP contribution in [0.4, 0.5) is 4.79 Å². The van der Waals surface area contributed by atoms with Gasteiger partial charge in [0.25, 0.3) is 0 Å². The van der Waals surface area contributed by atoms with Crippen LogP contribution >= 0.6 is 0 Å². The molecule has 0 bridgehead atoms. The number of carbonyl (C=O) groups excluding carboxylic acids is 1. The van der Waals surface area contributed by atoms with Crippen molar-refractivity contribution in [2.75, 3.05) is 6.54 Å². The van der Waals surface area contributed by atoms with Gasteiger partial charge in [-0.2, -0.15) is 0 Å². The molecule has 6 heteroatoms. The number of hydrogen-bond acceptors (Lipinski definition) is 3. The van der Waals surface area contributed by atoms with Gasteiger partial charge < -0.3 is 20.1 Å². The van der Waals surface area contributed by atoms with Crippen LogP contribution in [-0.2, 0) is 24.3 Å². The minimum absolute atomic E-state index is 0.136. The lowest BCUT2D eigenvalue weighted by Crippen LogP contribution is -2.39. The summed E-state index contributed by atoms with van der Waals surface area (Å²) in [6.45, 7) is 7.15. The molecule has 0 radical (unpaired) electrons. The van der Waals surface area contributed by atoms with Gasteiger partial charge >= 0.3 is 12.0 Å². The van der Waals surface area contributed by atoms with Crippen LogP contribution in [0.25, 0.3) is 0 Å². The molecule has 0 saturated heterocycles. The Balaban J connectivity index is 1.65. The zero-order valence-electron chi connectivity index (χ0n) is 23.1. The monoisotopic (exact) mass is 526 g/mol. The Labute approximate surface area is 232 Å². The summed E-state index contributed by atoms with van der Waals surface area (Å²) in [7, 11) is 0. The number of aliphatic carboxylic acids is 1. The Kier molecular flexibility index (Phi) is 11.5. The molecule has 1 unspecified atom stereocenters. The molecule has 0 aliphatic heterocycles. The minimum Gasteiger partial charge on any atom is -0.479 e. The smallest absolute Gasteiger partial charge is 0.344 e. The van der Waals surface area contributed by atoms with Crippen molar-refractivity contribution in [2.45, 2.75) is 65.6 Å². The van der Waals surface area contributed by atoms with Crippen molar-refractivity contribution in [3.63, 3.8) is 0 Å². The van der Waals surface area contributed by atoms with E-state index in [1.165, 1.54) is 25.3 Å². The lowest BCUT2D eigenvalue weighted by atomic mass is 10.1. The number of nitrogens with one attached hydrogen (secondary N) is 1. The molecular formula is C33H38N2O4. The van der Waals surface area contributed by atoms with Crippen molar-refractivity contribution in [3.8, 4) is 17.6 Å². The first kappa shape index (κ1) is 29.3. The highest BCUT2D eigenvalue weighted by Crippen LogP contribution is 2.17. The van der Waals surface area contributed by atoms with Gasteiger partial charge in [-0.15, -0.1) is 0 Å². The van der Waals surface area contributed by atoms with E-state index in [-0.39, 0.29) is 6.03 Å². The van der Waals surface area contributed by atoms with Crippen molar-refractivity contribution in [1.29, 1.82) is 0 Å². The molecule has 3 rings (SSSR count). The molecule has 3 aromatic carbocycles. The van der Waals surface area contributed by atoms with E-state index in [2.05, 4.69) is 48.3 Å². The maximum Gasteiger partial charge on any atom is 0.344 e. The van der Waals surface area contributed by atoms with E-state index in [9.17, 15) is 9.59 Å². The Morgan fingerprint density at radius 1 is 0.821 bits per heavy atom. The number of amides is 2. The number of ether oxygens (including phenoxy) is 1. The molecule has 0 heterocycles. The average molecular weight is 527 g/mol. The van der Waals surface area contributed by atoms with E-state index in [1.54, 1.807) is 17.0 Å². The van der Waals surface area contributed by atoms with Crippen LogP contribution in [0.3, 0.4) is 0 Å². The SMILES string of the molecule is CCCCc1ccc(C#Cc2ccc(CN(Cc3ccc(OC(C)C(=O)O)cc3)C(=O)NCCC)cc2)cc1. The predicted octanol–water partition coefficient (Wildman–Crippen LogP) is 6.40. The van der Waals surface area contributed by atoms with Crippen molar-refractivity contribution in [3.05, 3.63) is 101 Å². The highest BCUT2D eigenvalue weighted by Gasteiger charge is 2.15. The molecule has 0 saturated carbocycles. The summed E-state index contributed by atoms with van der Waals surface area (Å²) in [6, 6.07) is 23.4. The molecule has 0 spiro atoms. The molecule has 39 heavy (non-hydrogen) atoms. The number of urea groups is 1. The second-order valence-electron chi connectivity index (χ2n) is 9.58. The number of benzene rings is 3. The Hall–Kier alpha value is -4.24. The normalized spacial score (nSPS) is 11.2. The van der Waals surface area contributed by atoms with Gasteiger partial charge in [-0.05, 0) is 79.3 Å². The first-order chi connectivity index (χ1) is 18.9. The van der Waals surface area contributed by atoms with Gasteiger partial charge in [0.05, 0.1) is 0 Å². The zero-order chi connectivity index (χ0) is 28.0. The Morgan fingerprint density at radius 3 is 1.82 bits per heavy atom. The summed E-state index contributed by atoms with van der Waals surface area (Å²) < 4.78 is 5.41. The molecule has 0 fully saturated rings. The molecule has 6 nitrogen and oxygen atoms in total. The van der Waals surface area contributed by atoms with Crippen LogP contribution in [0.2, 0.25) is 0 Å². The van der Waals surface area contributed by atoms with E-state index in [4.69, 9.17) is 9.84 Å². The fourth-order valence-corrected chi connectivity index (χ4v) is 3.89. The van der Waals surface area contributed by atoms with Gasteiger partial charge in [-0.25, -0.2) is 9.59 Å². The molecule has 3 aromatic rings. The highest BCUT2D eigenvalue weighted by molar-refractivity contribution is 5.74. The third-order valence-electron chi connectivity index (χ3n) is 6.22. The molecular weight excluding hydrogens is 488 g/mol. The summed E-state index contributed by atoms with van der Waals surface area (Å²) in [5.41, 5.74) is 5.17. The van der Waals surface area contributed by atoms with Crippen LogP contribution in [-0.4, -0.2) is 34.7 Å². The van der Waals surface area contributed by atoms with Gasteiger partial charge in [0.1, 0.15) is 5.75 Å². The van der Waals surface area contributed by atoms with Gasteiger partial charge in [0, 0.05) is 30.8 Å². The van der Waals surface area contributed by atoms with Crippen LogP contribution in [0.15, 0.2) is 72.8 Å². The first-order valence-corrected chi connectivity index (χ1v) is 13.6. The maximum atomic E-state index is 12.9. The van der Waals surface area contributed by atoms with Crippen molar-refractivity contribution >= 4 is 12.0 Å². The van der Waals surface area contributed by atoms with Crippen molar-refractivity contribution in [2.24, 2.45) is 0 Å². The largest absolute Gasteiger partial charge is 0.479 e. The van der Waals surface area contributed by atoms with Gasteiger partial charge in [0.15, 0.2) is 6.10 Å². The number of carbonyl (C=O) groups is 2. The Bertz CT molecular complexity index is 1260. The molecule has 1 atom stereocenters. The number of carboxylic acid groups (broad SMARTS) is 1. The molecule has 204 valence electrons. The quantitative estimate of drug-likeness (QED) is 0.268.